The predicted octanol–water partition coefficient (Wildman–Crippen LogP) is 2.48. The van der Waals surface area contributed by atoms with Crippen molar-refractivity contribution >= 4 is 29.2 Å². The smallest absolute Gasteiger partial charge is 0.269 e. The number of primary amides is 1. The molecule has 6 N–H and O–H groups in total. The summed E-state index contributed by atoms with van der Waals surface area (Å²) < 4.78 is 1.27. The van der Waals surface area contributed by atoms with Crippen molar-refractivity contribution in [3.05, 3.63) is 64.7 Å². The van der Waals surface area contributed by atoms with Crippen LogP contribution < -0.4 is 22.2 Å². The fourth-order valence-corrected chi connectivity index (χ4v) is 3.73. The molecule has 1 unspecified atom stereocenters. The molecule has 2 aromatic heterocycles. The number of hydrogen-bond acceptors (Lipinski definition) is 6. The average molecular weight is 440 g/mol. The first-order chi connectivity index (χ1) is 14.9. The maximum absolute atomic E-state index is 12.5. The molecule has 1 aliphatic rings. The van der Waals surface area contributed by atoms with Gasteiger partial charge in [0.1, 0.15) is 17.3 Å². The Kier molecular flexibility index (Phi) is 5.88. The van der Waals surface area contributed by atoms with E-state index in [-0.39, 0.29) is 17.6 Å². The van der Waals surface area contributed by atoms with Crippen LogP contribution in [0.2, 0.25) is 5.02 Å². The fraction of sp³-hybridized carbons (Fsp3) is 0.238. The number of carbonyl (C=O) groups excluding carboxylic acids is 2. The van der Waals surface area contributed by atoms with E-state index >= 15 is 0 Å². The van der Waals surface area contributed by atoms with Crippen molar-refractivity contribution in [3.8, 4) is 11.3 Å². The Hall–Kier alpha value is -3.43. The number of benzene rings is 1. The van der Waals surface area contributed by atoms with E-state index in [4.69, 9.17) is 23.2 Å². The van der Waals surface area contributed by atoms with E-state index in [2.05, 4.69) is 20.6 Å². The Bertz CT molecular complexity index is 1100. The van der Waals surface area contributed by atoms with Crippen LogP contribution in [0, 0.1) is 0 Å². The Morgan fingerprint density at radius 1 is 1.16 bits per heavy atom. The lowest BCUT2D eigenvalue weighted by Crippen LogP contribution is -2.32. The lowest BCUT2D eigenvalue weighted by atomic mass is 10.0. The number of hydrogen-bond donors (Lipinski definition) is 4. The first-order valence-electron chi connectivity index (χ1n) is 9.88. The number of pyridine rings is 1. The highest BCUT2D eigenvalue weighted by Crippen LogP contribution is 2.29. The van der Waals surface area contributed by atoms with Crippen molar-refractivity contribution < 1.29 is 9.59 Å². The summed E-state index contributed by atoms with van der Waals surface area (Å²) in [6.07, 6.45) is 4.47. The van der Waals surface area contributed by atoms with Gasteiger partial charge in [0, 0.05) is 17.3 Å². The molecule has 0 saturated carbocycles. The van der Waals surface area contributed by atoms with Crippen LogP contribution >= 0.6 is 11.6 Å². The zero-order valence-electron chi connectivity index (χ0n) is 16.6. The number of aromatic nitrogens is 3. The highest BCUT2D eigenvalue weighted by Gasteiger charge is 2.27. The molecule has 1 fully saturated rings. The van der Waals surface area contributed by atoms with Gasteiger partial charge in [-0.25, -0.2) is 14.6 Å². The summed E-state index contributed by atoms with van der Waals surface area (Å²) in [6.45, 7) is 0.866. The van der Waals surface area contributed by atoms with Crippen molar-refractivity contribution in [2.45, 2.75) is 25.3 Å². The van der Waals surface area contributed by atoms with Crippen molar-refractivity contribution in [1.82, 2.24) is 20.0 Å². The van der Waals surface area contributed by atoms with Gasteiger partial charge in [-0.2, -0.15) is 0 Å². The van der Waals surface area contributed by atoms with Crippen LogP contribution in [0.5, 0.6) is 0 Å². The number of nitrogens with one attached hydrogen (secondary N) is 2. The summed E-state index contributed by atoms with van der Waals surface area (Å²) in [5.41, 5.74) is 7.17. The van der Waals surface area contributed by atoms with Gasteiger partial charge in [-0.15, -0.1) is 0 Å². The van der Waals surface area contributed by atoms with E-state index < -0.39 is 5.91 Å². The Morgan fingerprint density at radius 3 is 2.55 bits per heavy atom. The van der Waals surface area contributed by atoms with Gasteiger partial charge in [0.2, 0.25) is 0 Å². The molecule has 10 heteroatoms. The van der Waals surface area contributed by atoms with Gasteiger partial charge >= 0.3 is 0 Å². The number of amides is 2. The van der Waals surface area contributed by atoms with Gasteiger partial charge in [-0.3, -0.25) is 9.59 Å². The summed E-state index contributed by atoms with van der Waals surface area (Å²) in [5.74, 6) is 6.15. The first-order valence-corrected chi connectivity index (χ1v) is 10.3. The molecular weight excluding hydrogens is 418 g/mol. The third-order valence-electron chi connectivity index (χ3n) is 5.18. The number of halogens is 1. The number of piperidine rings is 1. The second-order valence-electron chi connectivity index (χ2n) is 7.30. The van der Waals surface area contributed by atoms with E-state index in [1.54, 1.807) is 36.4 Å². The number of carbonyl (C=O) groups is 2. The largest absolute Gasteiger partial charge is 0.364 e. The highest BCUT2D eigenvalue weighted by molar-refractivity contribution is 6.30. The van der Waals surface area contributed by atoms with E-state index in [9.17, 15) is 9.59 Å². The Balaban J connectivity index is 1.60. The van der Waals surface area contributed by atoms with Gasteiger partial charge in [-0.05, 0) is 43.7 Å². The molecule has 31 heavy (non-hydrogen) atoms. The van der Waals surface area contributed by atoms with Crippen LogP contribution in [0.3, 0.4) is 0 Å². The molecule has 3 heterocycles. The molecule has 3 aromatic rings. The molecule has 2 amide bonds. The zero-order chi connectivity index (χ0) is 22.0. The first kappa shape index (κ1) is 20.8. The van der Waals surface area contributed by atoms with Crippen molar-refractivity contribution in [3.63, 3.8) is 0 Å². The number of nitrogens with two attached hydrogens (primary N) is 2. The summed E-state index contributed by atoms with van der Waals surface area (Å²) in [6, 6.07) is 9.90. The van der Waals surface area contributed by atoms with Crippen LogP contribution in [-0.4, -0.2) is 33.0 Å². The normalized spacial score (nSPS) is 16.1. The van der Waals surface area contributed by atoms with Crippen LogP contribution in [0.1, 0.15) is 52.0 Å². The number of nitrogens with zero attached hydrogens (tertiary/aromatic N) is 3. The van der Waals surface area contributed by atoms with Gasteiger partial charge in [0.05, 0.1) is 11.1 Å². The van der Waals surface area contributed by atoms with E-state index in [0.717, 1.165) is 25.8 Å². The molecule has 1 atom stereocenters. The maximum Gasteiger partial charge on any atom is 0.269 e. The van der Waals surface area contributed by atoms with E-state index in [0.29, 0.717) is 33.5 Å². The molecule has 4 rings (SSSR count). The lowest BCUT2D eigenvalue weighted by Gasteiger charge is -2.22. The predicted molar refractivity (Wildman–Crippen MR) is 118 cm³/mol. The molecular formula is C21H22ClN7O2. The summed E-state index contributed by atoms with van der Waals surface area (Å²) in [7, 11) is 0. The molecule has 9 nitrogen and oxygen atoms in total. The molecule has 1 aliphatic heterocycles. The van der Waals surface area contributed by atoms with Crippen LogP contribution in [0.4, 0.5) is 5.82 Å². The molecule has 1 aromatic carbocycles. The molecule has 0 spiro atoms. The minimum Gasteiger partial charge on any atom is -0.364 e. The SMILES string of the molecule is NC(=O)c1c(-c2ccc(C(=O)Nc3ccc(Cl)cn3)cc2)nc(C2CCCCN2)n1N. The van der Waals surface area contributed by atoms with Gasteiger partial charge in [0.25, 0.3) is 11.8 Å². The minimum atomic E-state index is -0.664. The minimum absolute atomic E-state index is 0.0393. The summed E-state index contributed by atoms with van der Waals surface area (Å²) in [4.78, 5) is 33.3. The van der Waals surface area contributed by atoms with Crippen molar-refractivity contribution in [2.75, 3.05) is 17.7 Å². The summed E-state index contributed by atoms with van der Waals surface area (Å²) >= 11 is 5.81. The molecule has 0 aliphatic carbocycles. The third-order valence-corrected chi connectivity index (χ3v) is 5.41. The maximum atomic E-state index is 12.5. The molecule has 160 valence electrons. The summed E-state index contributed by atoms with van der Waals surface area (Å²) in [5, 5.41) is 6.56. The van der Waals surface area contributed by atoms with Gasteiger partial charge < -0.3 is 22.2 Å². The average Bonchev–Trinajstić information content (AvgIpc) is 3.13. The topological polar surface area (TPSA) is 141 Å². The van der Waals surface area contributed by atoms with E-state index in [1.165, 1.54) is 10.9 Å². The number of anilines is 1. The number of imidazole rings is 1. The third kappa shape index (κ3) is 4.37. The highest BCUT2D eigenvalue weighted by atomic mass is 35.5. The molecule has 0 bridgehead atoms. The quantitative estimate of drug-likeness (QED) is 0.450. The van der Waals surface area contributed by atoms with Crippen LogP contribution in [0.15, 0.2) is 42.6 Å². The van der Waals surface area contributed by atoms with Crippen molar-refractivity contribution in [2.24, 2.45) is 5.73 Å². The lowest BCUT2D eigenvalue weighted by molar-refractivity contribution is 0.0991. The van der Waals surface area contributed by atoms with E-state index in [1.807, 2.05) is 0 Å². The fourth-order valence-electron chi connectivity index (χ4n) is 3.62. The Labute approximate surface area is 183 Å². The van der Waals surface area contributed by atoms with Crippen molar-refractivity contribution in [1.29, 1.82) is 0 Å². The zero-order valence-corrected chi connectivity index (χ0v) is 17.4. The van der Waals surface area contributed by atoms with Gasteiger partial charge in [-0.1, -0.05) is 30.2 Å². The number of nitrogen functional groups attached to an aromatic ring is 1. The van der Waals surface area contributed by atoms with Crippen LogP contribution in [0.25, 0.3) is 11.3 Å². The monoisotopic (exact) mass is 439 g/mol. The number of rotatable bonds is 5. The second-order valence-corrected chi connectivity index (χ2v) is 7.73. The standard InChI is InChI=1S/C21H22ClN7O2/c22-14-8-9-16(26-11-14)27-21(31)13-6-4-12(5-7-13)17-18(19(23)30)29(24)20(28-17)15-3-1-2-10-25-15/h4-9,11,15,25H,1-3,10,24H2,(H2,23,30)(H,26,27,31). The van der Waals surface area contributed by atoms with Gasteiger partial charge in [0.15, 0.2) is 5.69 Å². The Morgan fingerprint density at radius 2 is 1.94 bits per heavy atom. The van der Waals surface area contributed by atoms with Crippen LogP contribution in [-0.2, 0) is 0 Å². The molecule has 0 radical (unpaired) electrons. The second kappa shape index (κ2) is 8.75. The molecule has 1 saturated heterocycles.